The molecule has 0 aromatic heterocycles. The number of aliphatic hydroxyl groups is 6. The van der Waals surface area contributed by atoms with E-state index >= 15 is 0 Å². The summed E-state index contributed by atoms with van der Waals surface area (Å²) in [6.07, 6.45) is -17.2. The van der Waals surface area contributed by atoms with E-state index in [9.17, 15) is 60.3 Å². The largest absolute Gasteiger partial charge is 0.496 e. The van der Waals surface area contributed by atoms with E-state index < -0.39 is 160 Å². The molecule has 0 radical (unpaired) electrons. The third kappa shape index (κ3) is 24.5. The van der Waals surface area contributed by atoms with Crippen LogP contribution >= 0.6 is 0 Å². The number of carbonyl (C=O) groups is 3. The second-order valence-electron chi connectivity index (χ2n) is 29.3. The molecule has 3 aromatic carbocycles. The van der Waals surface area contributed by atoms with Crippen molar-refractivity contribution in [3.63, 3.8) is 0 Å². The Kier molecular flexibility index (Phi) is 30.7. The maximum atomic E-state index is 14.0. The number of quaternary nitrogens is 3. The Morgan fingerprint density at radius 3 is 1.24 bits per heavy atom. The second kappa shape index (κ2) is 36.9. The third-order valence-electron chi connectivity index (χ3n) is 17.9. The Balaban J connectivity index is 1.60. The van der Waals surface area contributed by atoms with Crippen LogP contribution in [-0.2, 0) is 67.2 Å². The fourth-order valence-corrected chi connectivity index (χ4v) is 14.0. The number of aliphatic carboxylic acids is 3. The fourth-order valence-electron chi connectivity index (χ4n) is 14.0. The summed E-state index contributed by atoms with van der Waals surface area (Å²) < 4.78 is 64.8. The minimum atomic E-state index is -1.81. The average molecular weight is 1380 g/mol. The molecule has 2 saturated heterocycles. The van der Waals surface area contributed by atoms with Gasteiger partial charge in [-0.25, -0.2) is 14.4 Å². The van der Waals surface area contributed by atoms with Gasteiger partial charge in [0.25, 0.3) is 0 Å². The van der Waals surface area contributed by atoms with Crippen LogP contribution in [-0.4, -0.2) is 353 Å². The van der Waals surface area contributed by atoms with Gasteiger partial charge in [-0.05, 0) is 43.4 Å². The Labute approximate surface area is 571 Å². The zero-order valence-electron chi connectivity index (χ0n) is 59.1. The maximum absolute atomic E-state index is 14.0. The van der Waals surface area contributed by atoms with Gasteiger partial charge in [0.05, 0.1) is 141 Å². The predicted octanol–water partition coefficient (Wildman–Crippen LogP) is 0.519. The number of benzene rings is 3. The normalized spacial score (nSPS) is 27.6. The SMILES string of the molecule is COc1ccccc1CN(CC(O)C[N+](C)(C)C)[C@@H]1[C@@H](O)[C@H](O[C@@H]2O[C@H](COCC(=O)O)[C@@H](O[C@@H]3C[C@H](COCC(=O)O)[C@@H](C)[C@H](O)[C@H]3N(Cc3ccccc3OC)CC(O)C[N+](C)(C)C)[C@H](O)[C@H]2N(Cc2ccccc2OC)CC(O)C[N+](C)(C)C)[C@@H](COCC(=O)O)O[C@H]1C. The van der Waals surface area contributed by atoms with E-state index in [0.717, 1.165) is 0 Å². The second-order valence-corrected chi connectivity index (χ2v) is 29.3. The summed E-state index contributed by atoms with van der Waals surface area (Å²) in [5.41, 5.74) is 2.01. The lowest BCUT2D eigenvalue weighted by atomic mass is 9.73. The molecule has 3 fully saturated rings. The van der Waals surface area contributed by atoms with Crippen molar-refractivity contribution >= 4 is 17.9 Å². The molecular weight excluding hydrogens is 1260 g/mol. The topological polar surface area (TPSA) is 335 Å². The molecule has 2 heterocycles. The predicted molar refractivity (Wildman–Crippen MR) is 355 cm³/mol. The number of nitrogens with zero attached hydrogens (tertiary/aromatic N) is 6. The molecule has 97 heavy (non-hydrogen) atoms. The van der Waals surface area contributed by atoms with Crippen LogP contribution < -0.4 is 14.2 Å². The van der Waals surface area contributed by atoms with Crippen LogP contribution in [0.1, 0.15) is 37.0 Å². The van der Waals surface area contributed by atoms with Crippen molar-refractivity contribution in [2.75, 3.05) is 164 Å². The van der Waals surface area contributed by atoms with Crippen LogP contribution in [0.3, 0.4) is 0 Å². The average Bonchev–Trinajstić information content (AvgIpc) is 0.762. The number of para-hydroxylation sites is 3. The molecule has 0 bridgehead atoms. The van der Waals surface area contributed by atoms with Gasteiger partial charge in [-0.2, -0.15) is 0 Å². The van der Waals surface area contributed by atoms with Gasteiger partial charge >= 0.3 is 17.9 Å². The fraction of sp³-hybridized carbons (Fsp3) is 0.696. The summed E-state index contributed by atoms with van der Waals surface area (Å²) in [5, 5.41) is 106. The van der Waals surface area contributed by atoms with E-state index in [0.29, 0.717) is 53.9 Å². The Hall–Kier alpha value is -5.29. The van der Waals surface area contributed by atoms with Gasteiger partial charge in [-0.3, -0.25) is 14.7 Å². The molecule has 3 aliphatic rings. The van der Waals surface area contributed by atoms with E-state index in [1.165, 1.54) is 21.3 Å². The van der Waals surface area contributed by atoms with Crippen molar-refractivity contribution in [3.05, 3.63) is 89.5 Å². The zero-order chi connectivity index (χ0) is 71.7. The maximum Gasteiger partial charge on any atom is 0.329 e. The van der Waals surface area contributed by atoms with E-state index in [2.05, 4.69) is 0 Å². The minimum absolute atomic E-state index is 0.00328. The monoisotopic (exact) mass is 1380 g/mol. The van der Waals surface area contributed by atoms with Crippen molar-refractivity contribution < 1.29 is 121 Å². The highest BCUT2D eigenvalue weighted by Gasteiger charge is 2.56. The standard InChI is InChI=1S/C69H110N6O22/c1-43-48(37-91-40-58(79)80)27-55(62(64(43)85)71(32-50(77)35-74(6,7)8)29-46-22-16-19-25-53(46)89-13)95-67-57(39-93-42-60(83)84)96-69(63(66(67)87)72(33-51(78)36-75(9,10)11)30-47-23-17-20-26-54(47)90-14)97-68-56(38-92-41-59(81)82)94-44(2)61(65(68)86)70(31-49(76)34-73(3,4)5)28-45-21-15-18-24-52(45)88-12/h15-26,43-44,48-51,55-57,61-69,76-78,85-87H,27-42H2,1-14H3/p+3/t43-,44+,48-,49?,50?,51?,55-,56-,57-,61+,62+,63-,64+,65-,66-,67-,68-,69+/m1/s1. The Bertz CT molecular complexity index is 2900. The first kappa shape index (κ1) is 80.7. The molecule has 28 nitrogen and oxygen atoms in total. The molecule has 3 aromatic rings. The highest BCUT2D eigenvalue weighted by atomic mass is 16.7. The van der Waals surface area contributed by atoms with Crippen LogP contribution in [0.5, 0.6) is 17.2 Å². The van der Waals surface area contributed by atoms with Crippen molar-refractivity contribution in [3.8, 4) is 17.2 Å². The van der Waals surface area contributed by atoms with Gasteiger partial charge < -0.3 is 107 Å². The Morgan fingerprint density at radius 1 is 0.495 bits per heavy atom. The molecule has 28 heteroatoms. The van der Waals surface area contributed by atoms with Crippen molar-refractivity contribution in [1.29, 1.82) is 0 Å². The van der Waals surface area contributed by atoms with E-state index in [1.54, 1.807) is 42.2 Å². The van der Waals surface area contributed by atoms with Gasteiger partial charge in [-0.1, -0.05) is 61.5 Å². The lowest BCUT2D eigenvalue weighted by Crippen LogP contribution is -2.70. The van der Waals surface area contributed by atoms with Crippen molar-refractivity contribution in [2.24, 2.45) is 11.8 Å². The molecule has 6 rings (SSSR count). The lowest BCUT2D eigenvalue weighted by Gasteiger charge is -2.54. The number of likely N-dealkylation sites (N-methyl/N-ethyl adjacent to an activating group) is 3. The molecule has 3 unspecified atom stereocenters. The number of carboxylic acid groups (broad SMARTS) is 3. The number of carboxylic acids is 3. The number of rotatable bonds is 40. The molecular formula is C69H113N6O22+3. The van der Waals surface area contributed by atoms with Gasteiger partial charge in [0, 0.05) is 56.0 Å². The third-order valence-corrected chi connectivity index (χ3v) is 17.9. The van der Waals surface area contributed by atoms with Gasteiger partial charge in [-0.15, -0.1) is 0 Å². The molecule has 18 atom stereocenters. The van der Waals surface area contributed by atoms with Gasteiger partial charge in [0.2, 0.25) is 0 Å². The lowest BCUT2D eigenvalue weighted by molar-refractivity contribution is -0.873. The molecule has 0 spiro atoms. The van der Waals surface area contributed by atoms with Crippen LogP contribution in [0.15, 0.2) is 72.8 Å². The summed E-state index contributed by atoms with van der Waals surface area (Å²) in [6.45, 7) is 0.916. The number of hydrogen-bond acceptors (Lipinski definition) is 22. The van der Waals surface area contributed by atoms with Crippen LogP contribution in [0.25, 0.3) is 0 Å². The smallest absolute Gasteiger partial charge is 0.329 e. The molecule has 1 saturated carbocycles. The summed E-state index contributed by atoms with van der Waals surface area (Å²) in [4.78, 5) is 41.9. The molecule has 1 aliphatic carbocycles. The highest BCUT2D eigenvalue weighted by molar-refractivity contribution is 5.68. The van der Waals surface area contributed by atoms with Gasteiger partial charge in [0.15, 0.2) is 6.29 Å². The van der Waals surface area contributed by atoms with Gasteiger partial charge in [0.1, 0.15) is 112 Å². The zero-order valence-corrected chi connectivity index (χ0v) is 59.1. The summed E-state index contributed by atoms with van der Waals surface area (Å²) in [5.74, 6) is -3.49. The first-order valence-corrected chi connectivity index (χ1v) is 33.2. The van der Waals surface area contributed by atoms with Crippen molar-refractivity contribution in [2.45, 2.75) is 138 Å². The highest BCUT2D eigenvalue weighted by Crippen LogP contribution is 2.42. The first-order chi connectivity index (χ1) is 45.6. The minimum Gasteiger partial charge on any atom is -0.496 e. The van der Waals surface area contributed by atoms with Crippen LogP contribution in [0, 0.1) is 11.8 Å². The van der Waals surface area contributed by atoms with E-state index in [-0.39, 0.29) is 65.4 Å². The quantitative estimate of drug-likeness (QED) is 0.0351. The Morgan fingerprint density at radius 2 is 0.845 bits per heavy atom. The van der Waals surface area contributed by atoms with E-state index in [4.69, 9.17) is 47.4 Å². The first-order valence-electron chi connectivity index (χ1n) is 33.2. The summed E-state index contributed by atoms with van der Waals surface area (Å²) in [6, 6.07) is 18.3. The van der Waals surface area contributed by atoms with Crippen LogP contribution in [0.4, 0.5) is 0 Å². The van der Waals surface area contributed by atoms with Crippen LogP contribution in [0.2, 0.25) is 0 Å². The number of aliphatic hydroxyl groups excluding tert-OH is 6. The van der Waals surface area contributed by atoms with E-state index in [1.807, 2.05) is 123 Å². The van der Waals surface area contributed by atoms with Crippen molar-refractivity contribution in [1.82, 2.24) is 14.7 Å². The molecule has 548 valence electrons. The number of hydrogen-bond donors (Lipinski definition) is 9. The molecule has 2 aliphatic heterocycles. The summed E-state index contributed by atoms with van der Waals surface area (Å²) in [7, 11) is 21.9. The summed E-state index contributed by atoms with van der Waals surface area (Å²) >= 11 is 0. The number of ether oxygens (including phenoxy) is 10. The number of methoxy groups -OCH3 is 3. The molecule has 0 amide bonds. The molecule has 9 N–H and O–H groups in total.